The molecule has 0 spiro atoms. The summed E-state index contributed by atoms with van der Waals surface area (Å²) in [7, 11) is 5.15. The van der Waals surface area contributed by atoms with Crippen LogP contribution in [0.1, 0.15) is 25.8 Å². The molecular weight excluding hydrogens is 483 g/mol. The van der Waals surface area contributed by atoms with E-state index in [9.17, 15) is 4.79 Å². The Morgan fingerprint density at radius 2 is 2.10 bits per heavy atom. The summed E-state index contributed by atoms with van der Waals surface area (Å²) in [6, 6.07) is 8.09. The maximum Gasteiger partial charge on any atom is 0.243 e. The molecule has 7 nitrogen and oxygen atoms in total. The van der Waals surface area contributed by atoms with Gasteiger partial charge in [-0.25, -0.2) is 4.99 Å². The Hall–Kier alpha value is -1.55. The number of benzene rings is 1. The number of rotatable bonds is 8. The van der Waals surface area contributed by atoms with Gasteiger partial charge in [-0.05, 0) is 24.1 Å². The fraction of sp³-hybridized carbons (Fsp3) is 0.619. The molecule has 164 valence electrons. The standard InChI is InChI=1S/C21H34N4O3.HI/c1-21(2,17-7-6-8-18(11-17)27-5)15-24-20(23-13-19(26)25(3)4)22-12-16-9-10-28-14-16;/h6-8,11,16H,9-10,12-15H2,1-5H3,(H2,22,23,24);1H. The first-order valence-electron chi connectivity index (χ1n) is 9.76. The van der Waals surface area contributed by atoms with Gasteiger partial charge in [0.2, 0.25) is 5.91 Å². The Bertz CT molecular complexity index is 674. The fourth-order valence-electron chi connectivity index (χ4n) is 2.90. The van der Waals surface area contributed by atoms with Crippen LogP contribution in [0.5, 0.6) is 5.75 Å². The average Bonchev–Trinajstić information content (AvgIpc) is 3.20. The molecule has 0 radical (unpaired) electrons. The zero-order chi connectivity index (χ0) is 20.6. The third kappa shape index (κ3) is 8.38. The van der Waals surface area contributed by atoms with Gasteiger partial charge in [0.15, 0.2) is 5.96 Å². The highest BCUT2D eigenvalue weighted by atomic mass is 127. The van der Waals surface area contributed by atoms with Crippen LogP contribution in [0, 0.1) is 5.92 Å². The molecule has 1 saturated heterocycles. The first kappa shape index (κ1) is 25.5. The topological polar surface area (TPSA) is 75.2 Å². The largest absolute Gasteiger partial charge is 0.497 e. The van der Waals surface area contributed by atoms with Crippen molar-refractivity contribution in [3.8, 4) is 5.75 Å². The van der Waals surface area contributed by atoms with Crippen LogP contribution in [0.2, 0.25) is 0 Å². The van der Waals surface area contributed by atoms with E-state index in [1.807, 2.05) is 12.1 Å². The van der Waals surface area contributed by atoms with E-state index in [4.69, 9.17) is 9.47 Å². The van der Waals surface area contributed by atoms with Crippen molar-refractivity contribution in [2.24, 2.45) is 10.9 Å². The molecule has 0 aromatic heterocycles. The van der Waals surface area contributed by atoms with Crippen molar-refractivity contribution in [1.29, 1.82) is 0 Å². The first-order valence-corrected chi connectivity index (χ1v) is 9.76. The van der Waals surface area contributed by atoms with Crippen molar-refractivity contribution >= 4 is 35.8 Å². The summed E-state index contributed by atoms with van der Waals surface area (Å²) < 4.78 is 10.8. The minimum atomic E-state index is -0.140. The van der Waals surface area contributed by atoms with Crippen LogP contribution in [0.15, 0.2) is 29.3 Å². The molecule has 29 heavy (non-hydrogen) atoms. The van der Waals surface area contributed by atoms with E-state index in [1.54, 1.807) is 26.1 Å². The minimum absolute atomic E-state index is 0. The number of halogens is 1. The van der Waals surface area contributed by atoms with Crippen LogP contribution in [-0.2, 0) is 14.9 Å². The molecule has 1 aromatic rings. The Balaban J connectivity index is 0.00000420. The van der Waals surface area contributed by atoms with E-state index in [-0.39, 0.29) is 41.8 Å². The number of hydrogen-bond donors (Lipinski definition) is 2. The third-order valence-corrected chi connectivity index (χ3v) is 5.00. The lowest BCUT2D eigenvalue weighted by Gasteiger charge is -2.27. The number of likely N-dealkylation sites (N-methyl/N-ethyl adjacent to an activating group) is 1. The van der Waals surface area contributed by atoms with Crippen LogP contribution in [0.4, 0.5) is 0 Å². The number of ether oxygens (including phenoxy) is 2. The number of methoxy groups -OCH3 is 1. The zero-order valence-electron chi connectivity index (χ0n) is 18.2. The summed E-state index contributed by atoms with van der Waals surface area (Å²) in [6.45, 7) is 7.48. The SMILES string of the molecule is COc1cccc(C(C)(C)CNC(=NCC(=O)N(C)C)NCC2CCOC2)c1.I. The Labute approximate surface area is 191 Å². The molecule has 1 heterocycles. The van der Waals surface area contributed by atoms with Gasteiger partial charge in [0.25, 0.3) is 0 Å². The van der Waals surface area contributed by atoms with Crippen molar-refractivity contribution in [2.45, 2.75) is 25.7 Å². The Morgan fingerprint density at radius 1 is 1.34 bits per heavy atom. The van der Waals surface area contributed by atoms with Crippen molar-refractivity contribution < 1.29 is 14.3 Å². The summed E-state index contributed by atoms with van der Waals surface area (Å²) in [6.07, 6.45) is 1.05. The van der Waals surface area contributed by atoms with Crippen molar-refractivity contribution in [3.05, 3.63) is 29.8 Å². The summed E-state index contributed by atoms with van der Waals surface area (Å²) in [4.78, 5) is 18.0. The summed E-state index contributed by atoms with van der Waals surface area (Å²) in [5.41, 5.74) is 1.03. The molecule has 2 N–H and O–H groups in total. The number of nitrogens with one attached hydrogen (secondary N) is 2. The fourth-order valence-corrected chi connectivity index (χ4v) is 2.90. The van der Waals surface area contributed by atoms with Gasteiger partial charge in [-0.1, -0.05) is 26.0 Å². The van der Waals surface area contributed by atoms with E-state index in [0.29, 0.717) is 18.4 Å². The zero-order valence-corrected chi connectivity index (χ0v) is 20.5. The molecule has 0 aliphatic carbocycles. The molecule has 1 aliphatic rings. The van der Waals surface area contributed by atoms with Crippen LogP contribution in [-0.4, -0.2) is 70.8 Å². The maximum atomic E-state index is 11.9. The van der Waals surface area contributed by atoms with E-state index in [2.05, 4.69) is 41.6 Å². The number of carbonyl (C=O) groups is 1. The smallest absolute Gasteiger partial charge is 0.243 e. The number of hydrogen-bond acceptors (Lipinski definition) is 4. The predicted octanol–water partition coefficient (Wildman–Crippen LogP) is 2.25. The molecule has 1 aromatic carbocycles. The van der Waals surface area contributed by atoms with Gasteiger partial charge >= 0.3 is 0 Å². The average molecular weight is 518 g/mol. The Kier molecular flexibility index (Phi) is 10.7. The van der Waals surface area contributed by atoms with Crippen molar-refractivity contribution in [3.63, 3.8) is 0 Å². The number of amides is 1. The van der Waals surface area contributed by atoms with Crippen molar-refractivity contribution in [1.82, 2.24) is 15.5 Å². The molecule has 1 atom stereocenters. The third-order valence-electron chi connectivity index (χ3n) is 5.00. The second-order valence-corrected chi connectivity index (χ2v) is 8.03. The van der Waals surface area contributed by atoms with Gasteiger partial charge in [-0.3, -0.25) is 4.79 Å². The first-order chi connectivity index (χ1) is 13.3. The number of aliphatic imine (C=N–C) groups is 1. The molecule has 0 saturated carbocycles. The van der Waals surface area contributed by atoms with Crippen LogP contribution in [0.25, 0.3) is 0 Å². The van der Waals surface area contributed by atoms with E-state index < -0.39 is 0 Å². The van der Waals surface area contributed by atoms with Crippen LogP contribution < -0.4 is 15.4 Å². The lowest BCUT2D eigenvalue weighted by atomic mass is 9.84. The quantitative estimate of drug-likeness (QED) is 0.314. The van der Waals surface area contributed by atoms with E-state index in [1.165, 1.54) is 5.56 Å². The molecule has 2 rings (SSSR count). The van der Waals surface area contributed by atoms with E-state index >= 15 is 0 Å². The van der Waals surface area contributed by atoms with Crippen LogP contribution in [0.3, 0.4) is 0 Å². The minimum Gasteiger partial charge on any atom is -0.497 e. The number of nitrogens with zero attached hydrogens (tertiary/aromatic N) is 2. The molecule has 1 fully saturated rings. The highest BCUT2D eigenvalue weighted by Crippen LogP contribution is 2.25. The molecule has 1 aliphatic heterocycles. The summed E-state index contributed by atoms with van der Waals surface area (Å²) in [5.74, 6) is 1.94. The highest BCUT2D eigenvalue weighted by molar-refractivity contribution is 14.0. The highest BCUT2D eigenvalue weighted by Gasteiger charge is 2.22. The summed E-state index contributed by atoms with van der Waals surface area (Å²) >= 11 is 0. The normalized spacial score (nSPS) is 16.7. The monoisotopic (exact) mass is 518 g/mol. The van der Waals surface area contributed by atoms with Gasteiger partial charge < -0.3 is 25.0 Å². The lowest BCUT2D eigenvalue weighted by molar-refractivity contribution is -0.127. The molecule has 1 amide bonds. The lowest BCUT2D eigenvalue weighted by Crippen LogP contribution is -2.45. The number of guanidine groups is 1. The number of carbonyl (C=O) groups excluding carboxylic acids is 1. The van der Waals surface area contributed by atoms with Crippen LogP contribution >= 0.6 is 24.0 Å². The second-order valence-electron chi connectivity index (χ2n) is 8.03. The second kappa shape index (κ2) is 12.2. The molecular formula is C21H35IN4O3. The van der Waals surface area contributed by atoms with Crippen molar-refractivity contribution in [2.75, 3.05) is 54.1 Å². The molecule has 1 unspecified atom stereocenters. The molecule has 8 heteroatoms. The predicted molar refractivity (Wildman–Crippen MR) is 127 cm³/mol. The Morgan fingerprint density at radius 3 is 2.72 bits per heavy atom. The van der Waals surface area contributed by atoms with Gasteiger partial charge in [-0.2, -0.15) is 0 Å². The maximum absolute atomic E-state index is 11.9. The summed E-state index contributed by atoms with van der Waals surface area (Å²) in [5, 5.41) is 6.77. The van der Waals surface area contributed by atoms with Gasteiger partial charge in [-0.15, -0.1) is 24.0 Å². The van der Waals surface area contributed by atoms with Gasteiger partial charge in [0, 0.05) is 45.1 Å². The van der Waals surface area contributed by atoms with Gasteiger partial charge in [0.05, 0.1) is 13.7 Å². The molecule has 0 bridgehead atoms. The van der Waals surface area contributed by atoms with Gasteiger partial charge in [0.1, 0.15) is 12.3 Å². The van der Waals surface area contributed by atoms with E-state index in [0.717, 1.165) is 31.9 Å².